The summed E-state index contributed by atoms with van der Waals surface area (Å²) >= 11 is 0. The van der Waals surface area contributed by atoms with E-state index in [9.17, 15) is 4.79 Å². The molecule has 1 saturated heterocycles. The largest absolute Gasteiger partial charge is 0.379 e. The van der Waals surface area contributed by atoms with Crippen molar-refractivity contribution in [3.05, 3.63) is 0 Å². The zero-order valence-electron chi connectivity index (χ0n) is 10.1. The minimum atomic E-state index is -0.352. The number of hydrogen-bond donors (Lipinski definition) is 2. The van der Waals surface area contributed by atoms with Crippen molar-refractivity contribution in [3.63, 3.8) is 0 Å². The van der Waals surface area contributed by atoms with Crippen LogP contribution in [-0.2, 0) is 9.53 Å². The SMILES string of the molecule is CCC[C@@H](N)C(=O)NCCN1CCOCC1. The average molecular weight is 229 g/mol. The van der Waals surface area contributed by atoms with E-state index in [2.05, 4.69) is 10.2 Å². The molecule has 94 valence electrons. The van der Waals surface area contributed by atoms with E-state index in [1.807, 2.05) is 6.92 Å². The predicted octanol–water partition coefficient (Wildman–Crippen LogP) is -0.438. The molecule has 0 aromatic heterocycles. The normalized spacial score (nSPS) is 19.4. The molecule has 1 heterocycles. The average Bonchev–Trinajstić information content (AvgIpc) is 2.30. The van der Waals surface area contributed by atoms with Crippen LogP contribution < -0.4 is 11.1 Å². The van der Waals surface area contributed by atoms with Crippen LogP contribution in [0.15, 0.2) is 0 Å². The fourth-order valence-electron chi connectivity index (χ4n) is 1.74. The number of nitrogens with two attached hydrogens (primary N) is 1. The summed E-state index contributed by atoms with van der Waals surface area (Å²) < 4.78 is 5.25. The van der Waals surface area contributed by atoms with E-state index in [0.717, 1.165) is 45.7 Å². The van der Waals surface area contributed by atoms with E-state index in [1.165, 1.54) is 0 Å². The quantitative estimate of drug-likeness (QED) is 0.648. The summed E-state index contributed by atoms with van der Waals surface area (Å²) in [7, 11) is 0. The lowest BCUT2D eigenvalue weighted by atomic mass is 10.2. The fraction of sp³-hybridized carbons (Fsp3) is 0.909. The maximum absolute atomic E-state index is 11.5. The van der Waals surface area contributed by atoms with Crippen LogP contribution in [0.5, 0.6) is 0 Å². The number of amides is 1. The van der Waals surface area contributed by atoms with E-state index in [-0.39, 0.29) is 11.9 Å². The monoisotopic (exact) mass is 229 g/mol. The third-order valence-corrected chi connectivity index (χ3v) is 2.77. The Balaban J connectivity index is 2.07. The van der Waals surface area contributed by atoms with Gasteiger partial charge in [0.25, 0.3) is 0 Å². The van der Waals surface area contributed by atoms with Gasteiger partial charge in [-0.1, -0.05) is 13.3 Å². The molecule has 1 aliphatic rings. The van der Waals surface area contributed by atoms with Crippen LogP contribution >= 0.6 is 0 Å². The highest BCUT2D eigenvalue weighted by atomic mass is 16.5. The highest BCUT2D eigenvalue weighted by Crippen LogP contribution is 1.96. The van der Waals surface area contributed by atoms with Crippen molar-refractivity contribution in [2.24, 2.45) is 5.73 Å². The molecule has 5 heteroatoms. The third-order valence-electron chi connectivity index (χ3n) is 2.77. The smallest absolute Gasteiger partial charge is 0.236 e. The molecule has 3 N–H and O–H groups in total. The summed E-state index contributed by atoms with van der Waals surface area (Å²) in [5.74, 6) is -0.0323. The van der Waals surface area contributed by atoms with Crippen molar-refractivity contribution in [1.29, 1.82) is 0 Å². The van der Waals surface area contributed by atoms with Gasteiger partial charge in [0, 0.05) is 26.2 Å². The van der Waals surface area contributed by atoms with Crippen LogP contribution in [-0.4, -0.2) is 56.2 Å². The van der Waals surface area contributed by atoms with Gasteiger partial charge in [-0.2, -0.15) is 0 Å². The number of morpholine rings is 1. The number of rotatable bonds is 6. The topological polar surface area (TPSA) is 67.6 Å². The summed E-state index contributed by atoms with van der Waals surface area (Å²) in [6, 6.07) is -0.352. The molecular weight excluding hydrogens is 206 g/mol. The first-order valence-corrected chi connectivity index (χ1v) is 6.07. The first kappa shape index (κ1) is 13.4. The van der Waals surface area contributed by atoms with E-state index >= 15 is 0 Å². The van der Waals surface area contributed by atoms with Crippen LogP contribution in [0.2, 0.25) is 0 Å². The summed E-state index contributed by atoms with van der Waals surface area (Å²) in [6.07, 6.45) is 1.70. The minimum absolute atomic E-state index is 0.0323. The van der Waals surface area contributed by atoms with Crippen LogP contribution in [0.25, 0.3) is 0 Å². The lowest BCUT2D eigenvalue weighted by Gasteiger charge is -2.26. The second-order valence-electron chi connectivity index (χ2n) is 4.14. The Kier molecular flexibility index (Phi) is 6.37. The van der Waals surface area contributed by atoms with Gasteiger partial charge in [-0.05, 0) is 6.42 Å². The zero-order chi connectivity index (χ0) is 11.8. The van der Waals surface area contributed by atoms with Crippen molar-refractivity contribution < 1.29 is 9.53 Å². The van der Waals surface area contributed by atoms with Gasteiger partial charge in [0.15, 0.2) is 0 Å². The Morgan fingerprint density at radius 2 is 2.19 bits per heavy atom. The van der Waals surface area contributed by atoms with Crippen LogP contribution in [0, 0.1) is 0 Å². The molecule has 1 fully saturated rings. The van der Waals surface area contributed by atoms with Crippen molar-refractivity contribution in [2.45, 2.75) is 25.8 Å². The number of carbonyl (C=O) groups is 1. The lowest BCUT2D eigenvalue weighted by Crippen LogP contribution is -2.45. The Bertz CT molecular complexity index is 205. The fourth-order valence-corrected chi connectivity index (χ4v) is 1.74. The molecule has 1 aliphatic heterocycles. The molecule has 5 nitrogen and oxygen atoms in total. The molecule has 0 aromatic rings. The molecule has 0 saturated carbocycles. The Morgan fingerprint density at radius 1 is 1.50 bits per heavy atom. The number of ether oxygens (including phenoxy) is 1. The number of hydrogen-bond acceptors (Lipinski definition) is 4. The van der Waals surface area contributed by atoms with Gasteiger partial charge in [-0.25, -0.2) is 0 Å². The molecule has 0 spiro atoms. The summed E-state index contributed by atoms with van der Waals surface area (Å²) in [5.41, 5.74) is 5.70. The van der Waals surface area contributed by atoms with Crippen LogP contribution in [0.4, 0.5) is 0 Å². The van der Waals surface area contributed by atoms with Crippen LogP contribution in [0.1, 0.15) is 19.8 Å². The molecule has 0 aliphatic carbocycles. The van der Waals surface area contributed by atoms with Gasteiger partial charge < -0.3 is 15.8 Å². The van der Waals surface area contributed by atoms with E-state index < -0.39 is 0 Å². The van der Waals surface area contributed by atoms with Gasteiger partial charge in [-0.15, -0.1) is 0 Å². The molecular formula is C11H23N3O2. The minimum Gasteiger partial charge on any atom is -0.379 e. The van der Waals surface area contributed by atoms with Gasteiger partial charge >= 0.3 is 0 Å². The van der Waals surface area contributed by atoms with Gasteiger partial charge in [0.2, 0.25) is 5.91 Å². The maximum Gasteiger partial charge on any atom is 0.236 e. The summed E-state index contributed by atoms with van der Waals surface area (Å²) in [4.78, 5) is 13.8. The van der Waals surface area contributed by atoms with Crippen molar-refractivity contribution in [3.8, 4) is 0 Å². The summed E-state index contributed by atoms with van der Waals surface area (Å²) in [6.45, 7) is 7.09. The molecule has 0 bridgehead atoms. The van der Waals surface area contributed by atoms with E-state index in [0.29, 0.717) is 6.54 Å². The van der Waals surface area contributed by atoms with E-state index in [1.54, 1.807) is 0 Å². The molecule has 1 atom stereocenters. The Morgan fingerprint density at radius 3 is 2.81 bits per heavy atom. The Labute approximate surface area is 97.3 Å². The standard InChI is InChI=1S/C11H23N3O2/c1-2-3-10(12)11(15)13-4-5-14-6-8-16-9-7-14/h10H,2-9,12H2,1H3,(H,13,15)/t10-/m1/s1. The number of carbonyl (C=O) groups excluding carboxylic acids is 1. The highest BCUT2D eigenvalue weighted by molar-refractivity contribution is 5.81. The predicted molar refractivity (Wildman–Crippen MR) is 63.2 cm³/mol. The van der Waals surface area contributed by atoms with Gasteiger partial charge in [0.1, 0.15) is 0 Å². The maximum atomic E-state index is 11.5. The first-order valence-electron chi connectivity index (χ1n) is 6.07. The summed E-state index contributed by atoms with van der Waals surface area (Å²) in [5, 5.41) is 2.87. The molecule has 0 radical (unpaired) electrons. The van der Waals surface area contributed by atoms with Crippen molar-refractivity contribution in [1.82, 2.24) is 10.2 Å². The third kappa shape index (κ3) is 4.92. The van der Waals surface area contributed by atoms with Gasteiger partial charge in [0.05, 0.1) is 19.3 Å². The molecule has 1 rings (SSSR count). The second kappa shape index (κ2) is 7.60. The molecule has 0 aromatic carbocycles. The van der Waals surface area contributed by atoms with Gasteiger partial charge in [-0.3, -0.25) is 9.69 Å². The van der Waals surface area contributed by atoms with Crippen LogP contribution in [0.3, 0.4) is 0 Å². The zero-order valence-corrected chi connectivity index (χ0v) is 10.1. The first-order chi connectivity index (χ1) is 7.74. The highest BCUT2D eigenvalue weighted by Gasteiger charge is 2.13. The molecule has 16 heavy (non-hydrogen) atoms. The Hall–Kier alpha value is -0.650. The second-order valence-corrected chi connectivity index (χ2v) is 4.14. The van der Waals surface area contributed by atoms with Crippen molar-refractivity contribution in [2.75, 3.05) is 39.4 Å². The van der Waals surface area contributed by atoms with Crippen molar-refractivity contribution >= 4 is 5.91 Å². The lowest BCUT2D eigenvalue weighted by molar-refractivity contribution is -0.122. The number of nitrogens with zero attached hydrogens (tertiary/aromatic N) is 1. The molecule has 0 unspecified atom stereocenters. The molecule has 1 amide bonds. The number of nitrogens with one attached hydrogen (secondary N) is 1. The van der Waals surface area contributed by atoms with E-state index in [4.69, 9.17) is 10.5 Å².